The summed E-state index contributed by atoms with van der Waals surface area (Å²) in [7, 11) is 1.48. The van der Waals surface area contributed by atoms with E-state index < -0.39 is 35.6 Å². The van der Waals surface area contributed by atoms with Crippen LogP contribution >= 0.6 is 0 Å². The fourth-order valence-corrected chi connectivity index (χ4v) is 3.21. The molecule has 1 saturated heterocycles. The molecule has 1 aliphatic heterocycles. The van der Waals surface area contributed by atoms with Crippen molar-refractivity contribution < 1.29 is 23.9 Å². The molecule has 1 N–H and O–H groups in total. The number of hydrazine groups is 1. The molecule has 2 unspecified atom stereocenters. The second kappa shape index (κ2) is 9.38. The summed E-state index contributed by atoms with van der Waals surface area (Å²) in [5.74, 6) is -2.08. The molecule has 2 heterocycles. The number of amides is 4. The number of pyridine rings is 1. The normalized spacial score (nSPS) is 16.7. The molecule has 0 aliphatic carbocycles. The standard InChI is InChI=1S/C22H24N4O5/c1-4-14(2)21(29)26(24-20(28)15-7-6-10-23-13-15)18-12-19(27)25(22(18)30)16-8-5-9-17(11-16)31-3/h5-11,13-14,18H,4,12H2,1-3H3,(H,24,28). The molecular weight excluding hydrogens is 400 g/mol. The number of carbonyl (C=O) groups is 4. The molecule has 3 rings (SSSR count). The van der Waals surface area contributed by atoms with E-state index in [9.17, 15) is 19.2 Å². The topological polar surface area (TPSA) is 109 Å². The molecule has 1 aromatic heterocycles. The van der Waals surface area contributed by atoms with Crippen LogP contribution in [0.1, 0.15) is 37.0 Å². The molecule has 0 spiro atoms. The summed E-state index contributed by atoms with van der Waals surface area (Å²) >= 11 is 0. The Bertz CT molecular complexity index is 994. The number of nitrogens with one attached hydrogen (secondary N) is 1. The molecule has 0 saturated carbocycles. The molecule has 1 aromatic carbocycles. The first-order valence-corrected chi connectivity index (χ1v) is 9.92. The number of hydrogen-bond donors (Lipinski definition) is 1. The maximum Gasteiger partial charge on any atom is 0.271 e. The monoisotopic (exact) mass is 424 g/mol. The lowest BCUT2D eigenvalue weighted by atomic mass is 10.1. The Balaban J connectivity index is 1.91. The third-order valence-corrected chi connectivity index (χ3v) is 5.16. The second-order valence-corrected chi connectivity index (χ2v) is 7.19. The van der Waals surface area contributed by atoms with E-state index >= 15 is 0 Å². The Labute approximate surface area is 180 Å². The molecule has 2 aromatic rings. The minimum atomic E-state index is -1.15. The number of imide groups is 1. The number of carbonyl (C=O) groups excluding carboxylic acids is 4. The Hall–Kier alpha value is -3.75. The van der Waals surface area contributed by atoms with Gasteiger partial charge in [0.1, 0.15) is 11.8 Å². The summed E-state index contributed by atoms with van der Waals surface area (Å²) in [4.78, 5) is 56.5. The highest BCUT2D eigenvalue weighted by atomic mass is 16.5. The van der Waals surface area contributed by atoms with Gasteiger partial charge in [0, 0.05) is 24.4 Å². The number of aromatic nitrogens is 1. The number of hydrogen-bond acceptors (Lipinski definition) is 6. The Kier molecular flexibility index (Phi) is 6.64. The van der Waals surface area contributed by atoms with E-state index in [2.05, 4.69) is 10.4 Å². The molecule has 9 heteroatoms. The molecule has 0 radical (unpaired) electrons. The Morgan fingerprint density at radius 2 is 2.06 bits per heavy atom. The van der Waals surface area contributed by atoms with Crippen LogP contribution in [0.15, 0.2) is 48.8 Å². The third kappa shape index (κ3) is 4.55. The van der Waals surface area contributed by atoms with Gasteiger partial charge in [-0.3, -0.25) is 29.6 Å². The lowest BCUT2D eigenvalue weighted by molar-refractivity contribution is -0.144. The van der Waals surface area contributed by atoms with Crippen LogP contribution in [0.3, 0.4) is 0 Å². The summed E-state index contributed by atoms with van der Waals surface area (Å²) in [5, 5.41) is 0.990. The van der Waals surface area contributed by atoms with Gasteiger partial charge in [0.05, 0.1) is 24.8 Å². The predicted octanol–water partition coefficient (Wildman–Crippen LogP) is 1.94. The van der Waals surface area contributed by atoms with Gasteiger partial charge in [0.25, 0.3) is 11.8 Å². The molecule has 1 aliphatic rings. The van der Waals surface area contributed by atoms with Gasteiger partial charge in [-0.15, -0.1) is 0 Å². The third-order valence-electron chi connectivity index (χ3n) is 5.16. The summed E-state index contributed by atoms with van der Waals surface area (Å²) in [5.41, 5.74) is 3.08. The summed E-state index contributed by atoms with van der Waals surface area (Å²) in [6, 6.07) is 8.50. The summed E-state index contributed by atoms with van der Waals surface area (Å²) in [6.07, 6.45) is 3.13. The van der Waals surface area contributed by atoms with Crippen LogP contribution in [0.25, 0.3) is 0 Å². The van der Waals surface area contributed by atoms with Crippen LogP contribution < -0.4 is 15.1 Å². The second-order valence-electron chi connectivity index (χ2n) is 7.19. The van der Waals surface area contributed by atoms with Crippen molar-refractivity contribution in [2.75, 3.05) is 12.0 Å². The van der Waals surface area contributed by atoms with E-state index in [1.54, 1.807) is 43.3 Å². The highest BCUT2D eigenvalue weighted by Crippen LogP contribution is 2.28. The first-order valence-electron chi connectivity index (χ1n) is 9.92. The van der Waals surface area contributed by atoms with Crippen molar-refractivity contribution in [3.05, 3.63) is 54.4 Å². The van der Waals surface area contributed by atoms with Crippen molar-refractivity contribution in [1.82, 2.24) is 15.4 Å². The Morgan fingerprint density at radius 3 is 2.71 bits per heavy atom. The van der Waals surface area contributed by atoms with Crippen LogP contribution in [-0.4, -0.2) is 46.8 Å². The lowest BCUT2D eigenvalue weighted by Crippen LogP contribution is -2.56. The zero-order valence-electron chi connectivity index (χ0n) is 17.6. The van der Waals surface area contributed by atoms with Crippen molar-refractivity contribution in [3.63, 3.8) is 0 Å². The largest absolute Gasteiger partial charge is 0.497 e. The number of ether oxygens (including phenoxy) is 1. The van der Waals surface area contributed by atoms with Crippen LogP contribution in [0.2, 0.25) is 0 Å². The fourth-order valence-electron chi connectivity index (χ4n) is 3.21. The number of methoxy groups -OCH3 is 1. The molecule has 9 nitrogen and oxygen atoms in total. The number of benzene rings is 1. The molecule has 162 valence electrons. The van der Waals surface area contributed by atoms with Gasteiger partial charge in [-0.25, -0.2) is 9.91 Å². The zero-order valence-corrected chi connectivity index (χ0v) is 17.6. The molecule has 1 fully saturated rings. The van der Waals surface area contributed by atoms with E-state index in [1.165, 1.54) is 19.5 Å². The highest BCUT2D eigenvalue weighted by Gasteiger charge is 2.46. The van der Waals surface area contributed by atoms with E-state index in [0.29, 0.717) is 17.9 Å². The first kappa shape index (κ1) is 21.9. The SMILES string of the molecule is CCC(C)C(=O)N(NC(=O)c1cccnc1)C1CC(=O)N(c2cccc(OC)c2)C1=O. The quantitative estimate of drug-likeness (QED) is 0.561. The van der Waals surface area contributed by atoms with Gasteiger partial charge in [0.15, 0.2) is 0 Å². The lowest BCUT2D eigenvalue weighted by Gasteiger charge is -2.29. The molecular formula is C22H24N4O5. The van der Waals surface area contributed by atoms with E-state index in [0.717, 1.165) is 9.91 Å². The summed E-state index contributed by atoms with van der Waals surface area (Å²) < 4.78 is 5.17. The average molecular weight is 424 g/mol. The van der Waals surface area contributed by atoms with Crippen LogP contribution in [0.5, 0.6) is 5.75 Å². The number of rotatable bonds is 6. The van der Waals surface area contributed by atoms with E-state index in [1.807, 2.05) is 6.92 Å². The van der Waals surface area contributed by atoms with E-state index in [4.69, 9.17) is 4.74 Å². The van der Waals surface area contributed by atoms with Gasteiger partial charge in [-0.05, 0) is 30.7 Å². The van der Waals surface area contributed by atoms with Crippen molar-refractivity contribution in [1.29, 1.82) is 0 Å². The fraction of sp³-hybridized carbons (Fsp3) is 0.318. The average Bonchev–Trinajstić information content (AvgIpc) is 3.10. The number of nitrogens with zero attached hydrogens (tertiary/aromatic N) is 3. The maximum atomic E-state index is 13.2. The smallest absolute Gasteiger partial charge is 0.271 e. The molecule has 31 heavy (non-hydrogen) atoms. The minimum absolute atomic E-state index is 0.228. The predicted molar refractivity (Wildman–Crippen MR) is 112 cm³/mol. The number of anilines is 1. The Morgan fingerprint density at radius 1 is 1.29 bits per heavy atom. The van der Waals surface area contributed by atoms with Crippen LogP contribution in [-0.2, 0) is 14.4 Å². The van der Waals surface area contributed by atoms with E-state index in [-0.39, 0.29) is 12.0 Å². The summed E-state index contributed by atoms with van der Waals surface area (Å²) in [6.45, 7) is 3.53. The molecule has 0 bridgehead atoms. The molecule has 4 amide bonds. The van der Waals surface area contributed by atoms with Crippen LogP contribution in [0.4, 0.5) is 5.69 Å². The molecule has 2 atom stereocenters. The highest BCUT2D eigenvalue weighted by molar-refractivity contribution is 6.23. The zero-order chi connectivity index (χ0) is 22.5. The van der Waals surface area contributed by atoms with Crippen molar-refractivity contribution in [2.45, 2.75) is 32.7 Å². The van der Waals surface area contributed by atoms with Gasteiger partial charge in [-0.1, -0.05) is 19.9 Å². The first-order chi connectivity index (χ1) is 14.9. The van der Waals surface area contributed by atoms with Crippen molar-refractivity contribution in [3.8, 4) is 5.75 Å². The van der Waals surface area contributed by atoms with Gasteiger partial charge in [0.2, 0.25) is 11.8 Å². The van der Waals surface area contributed by atoms with Crippen molar-refractivity contribution >= 4 is 29.3 Å². The van der Waals surface area contributed by atoms with Crippen LogP contribution in [0, 0.1) is 5.92 Å². The maximum absolute atomic E-state index is 13.2. The minimum Gasteiger partial charge on any atom is -0.497 e. The van der Waals surface area contributed by atoms with Gasteiger partial charge < -0.3 is 4.74 Å². The van der Waals surface area contributed by atoms with Gasteiger partial charge in [-0.2, -0.15) is 0 Å². The van der Waals surface area contributed by atoms with Gasteiger partial charge >= 0.3 is 0 Å². The van der Waals surface area contributed by atoms with Crippen molar-refractivity contribution in [2.24, 2.45) is 5.92 Å².